The van der Waals surface area contributed by atoms with Crippen LogP contribution in [-0.2, 0) is 0 Å². The van der Waals surface area contributed by atoms with Gasteiger partial charge in [-0.15, -0.1) is 0 Å². The molecule has 1 atom stereocenters. The summed E-state index contributed by atoms with van der Waals surface area (Å²) in [4.78, 5) is 9.11. The van der Waals surface area contributed by atoms with Gasteiger partial charge < -0.3 is 16.4 Å². The van der Waals surface area contributed by atoms with Crippen LogP contribution in [0.3, 0.4) is 0 Å². The number of hydrogen-bond donors (Lipinski definition) is 2. The Hall–Kier alpha value is -0.650. The standard InChI is InChI=1S/C9H18N4.H3N/c1-2-12-5-3-10-7-9(12)13-6-4-11-8-13;/h8-10H,2-7H2,1H3;1H3. The van der Waals surface area contributed by atoms with Gasteiger partial charge in [0.2, 0.25) is 0 Å². The molecule has 1 fully saturated rings. The first-order valence-electron chi connectivity index (χ1n) is 5.12. The van der Waals surface area contributed by atoms with E-state index in [2.05, 4.69) is 27.0 Å². The van der Waals surface area contributed by atoms with E-state index in [4.69, 9.17) is 0 Å². The van der Waals surface area contributed by atoms with Crippen LogP contribution in [0.25, 0.3) is 0 Å². The van der Waals surface area contributed by atoms with E-state index < -0.39 is 0 Å². The zero-order chi connectivity index (χ0) is 9.10. The summed E-state index contributed by atoms with van der Waals surface area (Å²) in [7, 11) is 0. The van der Waals surface area contributed by atoms with Crippen LogP contribution in [0, 0.1) is 0 Å². The summed E-state index contributed by atoms with van der Waals surface area (Å²) in [5.41, 5.74) is 0. The molecule has 0 saturated carbocycles. The summed E-state index contributed by atoms with van der Waals surface area (Å²) in [6.45, 7) is 8.76. The zero-order valence-electron chi connectivity index (χ0n) is 8.95. The van der Waals surface area contributed by atoms with Crippen molar-refractivity contribution in [3.63, 3.8) is 0 Å². The monoisotopic (exact) mass is 199 g/mol. The van der Waals surface area contributed by atoms with Gasteiger partial charge in [0.05, 0.1) is 19.0 Å². The third-order valence-electron chi connectivity index (χ3n) is 2.83. The largest absolute Gasteiger partial charge is 0.344 e. The van der Waals surface area contributed by atoms with E-state index >= 15 is 0 Å². The lowest BCUT2D eigenvalue weighted by atomic mass is 10.3. The third kappa shape index (κ3) is 2.23. The molecular formula is C9H21N5. The van der Waals surface area contributed by atoms with Crippen molar-refractivity contribution in [1.82, 2.24) is 21.3 Å². The number of hydrogen-bond acceptors (Lipinski definition) is 5. The molecule has 4 N–H and O–H groups in total. The molecule has 0 aromatic carbocycles. The van der Waals surface area contributed by atoms with E-state index in [0.29, 0.717) is 6.17 Å². The van der Waals surface area contributed by atoms with Crippen molar-refractivity contribution in [3.05, 3.63) is 0 Å². The second kappa shape index (κ2) is 5.29. The number of nitrogens with one attached hydrogen (secondary N) is 1. The van der Waals surface area contributed by atoms with Crippen molar-refractivity contribution in [2.45, 2.75) is 13.1 Å². The van der Waals surface area contributed by atoms with Gasteiger partial charge in [0.15, 0.2) is 0 Å². The van der Waals surface area contributed by atoms with Crippen molar-refractivity contribution in [1.29, 1.82) is 0 Å². The first kappa shape index (κ1) is 11.4. The lowest BCUT2D eigenvalue weighted by molar-refractivity contribution is 0.0815. The average molecular weight is 199 g/mol. The first-order chi connectivity index (χ1) is 6.42. The fraction of sp³-hybridized carbons (Fsp3) is 0.889. The van der Waals surface area contributed by atoms with Crippen LogP contribution in [0.1, 0.15) is 6.92 Å². The van der Waals surface area contributed by atoms with Gasteiger partial charge in [0.1, 0.15) is 0 Å². The number of nitrogens with zero attached hydrogens (tertiary/aromatic N) is 3. The molecule has 2 heterocycles. The molecule has 5 nitrogen and oxygen atoms in total. The highest BCUT2D eigenvalue weighted by molar-refractivity contribution is 5.57. The van der Waals surface area contributed by atoms with E-state index in [0.717, 1.165) is 39.3 Å². The number of piperazine rings is 1. The minimum absolute atomic E-state index is 0. The summed E-state index contributed by atoms with van der Waals surface area (Å²) in [6.07, 6.45) is 2.53. The molecule has 5 heteroatoms. The van der Waals surface area contributed by atoms with Gasteiger partial charge in [0, 0.05) is 26.2 Å². The Kier molecular flexibility index (Phi) is 4.31. The second-order valence-electron chi connectivity index (χ2n) is 3.57. The van der Waals surface area contributed by atoms with Gasteiger partial charge in [-0.25, -0.2) is 0 Å². The third-order valence-corrected chi connectivity index (χ3v) is 2.83. The zero-order valence-corrected chi connectivity index (χ0v) is 8.95. The predicted octanol–water partition coefficient (Wildman–Crippen LogP) is -0.256. The van der Waals surface area contributed by atoms with Crippen molar-refractivity contribution < 1.29 is 0 Å². The predicted molar refractivity (Wildman–Crippen MR) is 59.0 cm³/mol. The fourth-order valence-corrected chi connectivity index (χ4v) is 2.05. The topological polar surface area (TPSA) is 65.9 Å². The van der Waals surface area contributed by atoms with Gasteiger partial charge in [-0.05, 0) is 6.54 Å². The lowest BCUT2D eigenvalue weighted by Gasteiger charge is -2.40. The van der Waals surface area contributed by atoms with E-state index in [1.165, 1.54) is 0 Å². The normalized spacial score (nSPS) is 27.8. The second-order valence-corrected chi connectivity index (χ2v) is 3.57. The Morgan fingerprint density at radius 1 is 1.50 bits per heavy atom. The molecule has 1 unspecified atom stereocenters. The lowest BCUT2D eigenvalue weighted by Crippen LogP contribution is -2.58. The highest BCUT2D eigenvalue weighted by Crippen LogP contribution is 2.09. The van der Waals surface area contributed by atoms with Gasteiger partial charge in [-0.1, -0.05) is 6.92 Å². The highest BCUT2D eigenvalue weighted by Gasteiger charge is 2.26. The molecule has 2 aliphatic rings. The Morgan fingerprint density at radius 3 is 3.00 bits per heavy atom. The molecule has 82 valence electrons. The molecule has 0 spiro atoms. The van der Waals surface area contributed by atoms with Crippen LogP contribution in [0.2, 0.25) is 0 Å². The minimum atomic E-state index is 0. The first-order valence-corrected chi connectivity index (χ1v) is 5.12. The van der Waals surface area contributed by atoms with Crippen molar-refractivity contribution in [3.8, 4) is 0 Å². The Labute approximate surface area is 85.7 Å². The summed E-state index contributed by atoms with van der Waals surface area (Å²) in [6, 6.07) is 0. The van der Waals surface area contributed by atoms with Crippen LogP contribution in [0.5, 0.6) is 0 Å². The molecule has 2 rings (SSSR count). The van der Waals surface area contributed by atoms with E-state index in [1.54, 1.807) is 0 Å². The van der Waals surface area contributed by atoms with Gasteiger partial charge in [-0.2, -0.15) is 0 Å². The van der Waals surface area contributed by atoms with Crippen molar-refractivity contribution in [2.75, 3.05) is 39.3 Å². The Morgan fingerprint density at radius 2 is 2.36 bits per heavy atom. The van der Waals surface area contributed by atoms with Crippen LogP contribution in [0.4, 0.5) is 0 Å². The van der Waals surface area contributed by atoms with Crippen LogP contribution >= 0.6 is 0 Å². The quantitative estimate of drug-likeness (QED) is 0.643. The van der Waals surface area contributed by atoms with Crippen LogP contribution in [0.15, 0.2) is 4.99 Å². The highest BCUT2D eigenvalue weighted by atomic mass is 15.4. The Balaban J connectivity index is 0.000000980. The van der Waals surface area contributed by atoms with Gasteiger partial charge in [-0.3, -0.25) is 9.89 Å². The maximum atomic E-state index is 4.26. The number of aliphatic imine (C=N–C) groups is 1. The number of likely N-dealkylation sites (N-methyl/N-ethyl adjacent to an activating group) is 1. The Bertz CT molecular complexity index is 194. The SMILES string of the molecule is CCN1CCNCC1N1C=NCC1.N. The molecule has 0 bridgehead atoms. The average Bonchev–Trinajstić information content (AvgIpc) is 2.70. The number of rotatable bonds is 2. The van der Waals surface area contributed by atoms with Crippen LogP contribution in [-0.4, -0.2) is 61.6 Å². The van der Waals surface area contributed by atoms with Crippen molar-refractivity contribution >= 4 is 6.34 Å². The van der Waals surface area contributed by atoms with Gasteiger partial charge >= 0.3 is 0 Å². The molecular weight excluding hydrogens is 178 g/mol. The van der Waals surface area contributed by atoms with Gasteiger partial charge in [0.25, 0.3) is 0 Å². The molecule has 0 aromatic heterocycles. The summed E-state index contributed by atoms with van der Waals surface area (Å²) < 4.78 is 0. The molecule has 0 amide bonds. The minimum Gasteiger partial charge on any atom is -0.344 e. The van der Waals surface area contributed by atoms with Crippen LogP contribution < -0.4 is 11.5 Å². The maximum Gasteiger partial charge on any atom is 0.0956 e. The fourth-order valence-electron chi connectivity index (χ4n) is 2.05. The molecule has 1 saturated heterocycles. The van der Waals surface area contributed by atoms with E-state index in [-0.39, 0.29) is 6.15 Å². The maximum absolute atomic E-state index is 4.26. The van der Waals surface area contributed by atoms with E-state index in [1.807, 2.05) is 6.34 Å². The van der Waals surface area contributed by atoms with E-state index in [9.17, 15) is 0 Å². The summed E-state index contributed by atoms with van der Waals surface area (Å²) >= 11 is 0. The smallest absolute Gasteiger partial charge is 0.0956 e. The molecule has 0 aromatic rings. The summed E-state index contributed by atoms with van der Waals surface area (Å²) in [5, 5.41) is 3.43. The molecule has 0 aliphatic carbocycles. The molecule has 14 heavy (non-hydrogen) atoms. The molecule has 2 aliphatic heterocycles. The van der Waals surface area contributed by atoms with Crippen molar-refractivity contribution in [2.24, 2.45) is 4.99 Å². The molecule has 0 radical (unpaired) electrons. The summed E-state index contributed by atoms with van der Waals surface area (Å²) in [5.74, 6) is 0.